The molecule has 0 radical (unpaired) electrons. The highest BCUT2D eigenvalue weighted by atomic mass is 35.5. The first-order chi connectivity index (χ1) is 8.31. The lowest BCUT2D eigenvalue weighted by Crippen LogP contribution is -2.02. The summed E-state index contributed by atoms with van der Waals surface area (Å²) < 4.78 is 0. The first-order valence-electron chi connectivity index (χ1n) is 5.17. The third-order valence-corrected chi connectivity index (χ3v) is 3.69. The van der Waals surface area contributed by atoms with Crippen LogP contribution in [0.1, 0.15) is 11.3 Å². The molecule has 0 amide bonds. The first kappa shape index (κ1) is 12.4. The number of thioether (sulfide) groups is 1. The summed E-state index contributed by atoms with van der Waals surface area (Å²) in [6.45, 7) is 0.401. The van der Waals surface area contributed by atoms with Gasteiger partial charge in [-0.05, 0) is 11.6 Å². The number of benzene rings is 1. The molecule has 1 heterocycles. The van der Waals surface area contributed by atoms with E-state index in [2.05, 4.69) is 9.97 Å². The summed E-state index contributed by atoms with van der Waals surface area (Å²) >= 11 is 7.69. The highest BCUT2D eigenvalue weighted by Crippen LogP contribution is 2.26. The monoisotopic (exact) mass is 265 g/mol. The molecule has 2 aromatic rings. The van der Waals surface area contributed by atoms with Crippen LogP contribution in [0, 0.1) is 0 Å². The summed E-state index contributed by atoms with van der Waals surface area (Å²) in [5.41, 5.74) is 7.52. The number of hydrogen-bond acceptors (Lipinski definition) is 4. The highest BCUT2D eigenvalue weighted by molar-refractivity contribution is 7.98. The van der Waals surface area contributed by atoms with Gasteiger partial charge in [-0.25, -0.2) is 4.98 Å². The van der Waals surface area contributed by atoms with Crippen LogP contribution in [-0.2, 0) is 12.3 Å². The largest absolute Gasteiger partial charge is 0.325 e. The molecule has 0 spiro atoms. The molecule has 0 unspecified atom stereocenters. The zero-order valence-electron chi connectivity index (χ0n) is 9.14. The topological polar surface area (TPSA) is 51.8 Å². The van der Waals surface area contributed by atoms with Crippen molar-refractivity contribution in [3.63, 3.8) is 0 Å². The Balaban J connectivity index is 2.10. The lowest BCUT2D eigenvalue weighted by atomic mass is 10.2. The van der Waals surface area contributed by atoms with E-state index in [1.807, 2.05) is 24.3 Å². The van der Waals surface area contributed by atoms with Crippen LogP contribution < -0.4 is 5.73 Å². The standard InChI is InChI=1S/C12H12ClN3S/c13-10-4-2-1-3-9(10)8-17-12-11(7-14)15-5-6-16-12/h1-6H,7-8,14H2. The maximum atomic E-state index is 6.09. The van der Waals surface area contributed by atoms with Gasteiger partial charge in [-0.3, -0.25) is 4.98 Å². The van der Waals surface area contributed by atoms with Crippen LogP contribution in [0.25, 0.3) is 0 Å². The van der Waals surface area contributed by atoms with E-state index in [4.69, 9.17) is 17.3 Å². The molecular weight excluding hydrogens is 254 g/mol. The van der Waals surface area contributed by atoms with Gasteiger partial charge in [0, 0.05) is 29.7 Å². The normalized spacial score (nSPS) is 10.5. The molecule has 0 saturated heterocycles. The van der Waals surface area contributed by atoms with Gasteiger partial charge in [0.05, 0.1) is 5.69 Å². The maximum absolute atomic E-state index is 6.09. The number of aromatic nitrogens is 2. The van der Waals surface area contributed by atoms with E-state index < -0.39 is 0 Å². The zero-order valence-corrected chi connectivity index (χ0v) is 10.7. The van der Waals surface area contributed by atoms with Crippen molar-refractivity contribution >= 4 is 23.4 Å². The Hall–Kier alpha value is -1.10. The van der Waals surface area contributed by atoms with Gasteiger partial charge in [-0.2, -0.15) is 0 Å². The molecule has 0 saturated carbocycles. The molecule has 5 heteroatoms. The Kier molecular flexibility index (Phi) is 4.36. The lowest BCUT2D eigenvalue weighted by molar-refractivity contribution is 0.886. The second-order valence-electron chi connectivity index (χ2n) is 3.39. The van der Waals surface area contributed by atoms with Crippen LogP contribution in [0.3, 0.4) is 0 Å². The molecule has 0 aliphatic heterocycles. The quantitative estimate of drug-likeness (QED) is 0.864. The lowest BCUT2D eigenvalue weighted by Gasteiger charge is -2.06. The van der Waals surface area contributed by atoms with Crippen molar-refractivity contribution < 1.29 is 0 Å². The fourth-order valence-electron chi connectivity index (χ4n) is 1.38. The molecule has 0 aliphatic carbocycles. The van der Waals surface area contributed by atoms with Gasteiger partial charge in [0.25, 0.3) is 0 Å². The number of halogens is 1. The molecule has 0 atom stereocenters. The molecule has 1 aromatic carbocycles. The van der Waals surface area contributed by atoms with Gasteiger partial charge in [0.15, 0.2) is 0 Å². The third-order valence-electron chi connectivity index (χ3n) is 2.25. The van der Waals surface area contributed by atoms with Crippen molar-refractivity contribution in [3.8, 4) is 0 Å². The number of nitrogens with zero attached hydrogens (tertiary/aromatic N) is 2. The van der Waals surface area contributed by atoms with Crippen LogP contribution in [0.15, 0.2) is 41.7 Å². The molecule has 0 bridgehead atoms. The second-order valence-corrected chi connectivity index (χ2v) is 4.76. The summed E-state index contributed by atoms with van der Waals surface area (Å²) in [4.78, 5) is 8.46. The molecule has 3 nitrogen and oxygen atoms in total. The summed E-state index contributed by atoms with van der Waals surface area (Å²) in [6, 6.07) is 7.79. The van der Waals surface area contributed by atoms with Gasteiger partial charge < -0.3 is 5.73 Å². The van der Waals surface area contributed by atoms with E-state index in [0.717, 1.165) is 27.1 Å². The number of rotatable bonds is 4. The molecule has 88 valence electrons. The van der Waals surface area contributed by atoms with Crippen molar-refractivity contribution in [1.82, 2.24) is 9.97 Å². The number of hydrogen-bond donors (Lipinski definition) is 1. The van der Waals surface area contributed by atoms with E-state index in [0.29, 0.717) is 6.54 Å². The van der Waals surface area contributed by atoms with Gasteiger partial charge in [-0.1, -0.05) is 41.6 Å². The second kappa shape index (κ2) is 6.00. The van der Waals surface area contributed by atoms with Crippen molar-refractivity contribution in [2.45, 2.75) is 17.3 Å². The fraction of sp³-hybridized carbons (Fsp3) is 0.167. The van der Waals surface area contributed by atoms with Crippen LogP contribution in [0.2, 0.25) is 5.02 Å². The number of nitrogens with two attached hydrogens (primary N) is 1. The Morgan fingerprint density at radius 2 is 1.94 bits per heavy atom. The fourth-order valence-corrected chi connectivity index (χ4v) is 2.64. The summed E-state index contributed by atoms with van der Waals surface area (Å²) in [6.07, 6.45) is 3.33. The Morgan fingerprint density at radius 1 is 1.18 bits per heavy atom. The Labute approximate surface area is 109 Å². The Morgan fingerprint density at radius 3 is 2.71 bits per heavy atom. The van der Waals surface area contributed by atoms with E-state index >= 15 is 0 Å². The molecule has 2 rings (SSSR count). The van der Waals surface area contributed by atoms with E-state index in [9.17, 15) is 0 Å². The van der Waals surface area contributed by atoms with Crippen molar-refractivity contribution in [1.29, 1.82) is 0 Å². The minimum absolute atomic E-state index is 0.401. The molecular formula is C12H12ClN3S. The average Bonchev–Trinajstić information content (AvgIpc) is 2.38. The minimum Gasteiger partial charge on any atom is -0.325 e. The molecule has 17 heavy (non-hydrogen) atoms. The predicted molar refractivity (Wildman–Crippen MR) is 70.9 cm³/mol. The van der Waals surface area contributed by atoms with E-state index in [-0.39, 0.29) is 0 Å². The summed E-state index contributed by atoms with van der Waals surface area (Å²) in [7, 11) is 0. The zero-order chi connectivity index (χ0) is 12.1. The van der Waals surface area contributed by atoms with E-state index in [1.54, 1.807) is 24.2 Å². The molecule has 1 aromatic heterocycles. The van der Waals surface area contributed by atoms with Gasteiger partial charge >= 0.3 is 0 Å². The third kappa shape index (κ3) is 3.19. The smallest absolute Gasteiger partial charge is 0.119 e. The average molecular weight is 266 g/mol. The minimum atomic E-state index is 0.401. The SMILES string of the molecule is NCc1nccnc1SCc1ccccc1Cl. The predicted octanol–water partition coefficient (Wildman–Crippen LogP) is 2.88. The van der Waals surface area contributed by atoms with Crippen LogP contribution in [0.4, 0.5) is 0 Å². The van der Waals surface area contributed by atoms with Gasteiger partial charge in [-0.15, -0.1) is 0 Å². The first-order valence-corrected chi connectivity index (χ1v) is 6.53. The maximum Gasteiger partial charge on any atom is 0.119 e. The molecule has 2 N–H and O–H groups in total. The summed E-state index contributed by atoms with van der Waals surface area (Å²) in [5.74, 6) is 0.769. The van der Waals surface area contributed by atoms with Crippen molar-refractivity contribution in [2.75, 3.05) is 0 Å². The van der Waals surface area contributed by atoms with E-state index in [1.165, 1.54) is 0 Å². The highest BCUT2D eigenvalue weighted by Gasteiger charge is 2.05. The van der Waals surface area contributed by atoms with Crippen LogP contribution >= 0.6 is 23.4 Å². The van der Waals surface area contributed by atoms with Crippen molar-refractivity contribution in [2.24, 2.45) is 5.73 Å². The molecule has 0 fully saturated rings. The van der Waals surface area contributed by atoms with Gasteiger partial charge in [0.2, 0.25) is 0 Å². The van der Waals surface area contributed by atoms with Crippen molar-refractivity contribution in [3.05, 3.63) is 52.9 Å². The van der Waals surface area contributed by atoms with Gasteiger partial charge in [0.1, 0.15) is 5.03 Å². The summed E-state index contributed by atoms with van der Waals surface area (Å²) in [5, 5.41) is 1.65. The Bertz CT molecular complexity index is 505. The van der Waals surface area contributed by atoms with Crippen LogP contribution in [-0.4, -0.2) is 9.97 Å². The molecule has 0 aliphatic rings. The van der Waals surface area contributed by atoms with Crippen LogP contribution in [0.5, 0.6) is 0 Å².